The zero-order valence-electron chi connectivity index (χ0n) is 16.8. The van der Waals surface area contributed by atoms with Gasteiger partial charge in [0.15, 0.2) is 11.5 Å². The summed E-state index contributed by atoms with van der Waals surface area (Å²) < 4.78 is 8.93. The highest BCUT2D eigenvalue weighted by Gasteiger charge is 2.33. The molecule has 29 heavy (non-hydrogen) atoms. The molecule has 3 aromatic heterocycles. The molecule has 0 saturated carbocycles. The lowest BCUT2D eigenvalue weighted by molar-refractivity contribution is 0.408. The first-order valence-electron chi connectivity index (χ1n) is 9.81. The maximum absolute atomic E-state index is 6.22. The van der Waals surface area contributed by atoms with Crippen molar-refractivity contribution in [2.45, 2.75) is 31.7 Å². The number of aryl methyl sites for hydroxylation is 1. The van der Waals surface area contributed by atoms with Crippen molar-refractivity contribution < 1.29 is 4.74 Å². The molecule has 0 bridgehead atoms. The number of aromatic nitrogens is 6. The molecular formula is C20H24N8O. The Bertz CT molecular complexity index is 1200. The summed E-state index contributed by atoms with van der Waals surface area (Å²) in [6.45, 7) is 3.23. The fourth-order valence-corrected chi connectivity index (χ4v) is 4.37. The van der Waals surface area contributed by atoms with Gasteiger partial charge in [0.25, 0.3) is 0 Å². The highest BCUT2D eigenvalue weighted by molar-refractivity contribution is 5.95. The van der Waals surface area contributed by atoms with Gasteiger partial charge in [0, 0.05) is 37.1 Å². The lowest BCUT2D eigenvalue weighted by atomic mass is 9.89. The molecule has 9 heteroatoms. The molecule has 1 aliphatic heterocycles. The number of hydrogen-bond donors (Lipinski definition) is 1. The van der Waals surface area contributed by atoms with E-state index in [1.807, 2.05) is 36.1 Å². The number of anilines is 2. The largest absolute Gasteiger partial charge is 0.494 e. The fourth-order valence-electron chi connectivity index (χ4n) is 4.37. The van der Waals surface area contributed by atoms with E-state index in [1.54, 1.807) is 11.6 Å². The summed E-state index contributed by atoms with van der Waals surface area (Å²) in [4.78, 5) is 11.8. The predicted molar refractivity (Wildman–Crippen MR) is 111 cm³/mol. The van der Waals surface area contributed by atoms with Crippen LogP contribution in [-0.2, 0) is 7.05 Å². The predicted octanol–water partition coefficient (Wildman–Crippen LogP) is 2.37. The third kappa shape index (κ3) is 2.76. The van der Waals surface area contributed by atoms with E-state index in [4.69, 9.17) is 20.6 Å². The molecule has 2 N–H and O–H groups in total. The number of hydrogen-bond acceptors (Lipinski definition) is 7. The number of ether oxygens (including phenoxy) is 1. The molecule has 1 aromatic carbocycles. The average Bonchev–Trinajstić information content (AvgIpc) is 3.35. The molecule has 4 heterocycles. The number of fused-ring (bicyclic) bond motifs is 3. The number of nitrogens with zero attached hydrogens (tertiary/aromatic N) is 7. The van der Waals surface area contributed by atoms with Crippen LogP contribution in [0.2, 0.25) is 0 Å². The van der Waals surface area contributed by atoms with Gasteiger partial charge < -0.3 is 15.4 Å². The highest BCUT2D eigenvalue weighted by Crippen LogP contribution is 2.35. The van der Waals surface area contributed by atoms with Crippen LogP contribution >= 0.6 is 0 Å². The molecule has 0 aliphatic carbocycles. The number of para-hydroxylation sites is 1. The minimum absolute atomic E-state index is 0.198. The summed E-state index contributed by atoms with van der Waals surface area (Å²) in [5.41, 5.74) is 8.76. The van der Waals surface area contributed by atoms with Gasteiger partial charge in [-0.15, -0.1) is 5.10 Å². The first-order chi connectivity index (χ1) is 14.1. The van der Waals surface area contributed by atoms with Crippen LogP contribution in [0.25, 0.3) is 16.6 Å². The SMILES string of the molecule is COc1cccc2c1nc(N)n1nc(C3CCCN(c4cnn(C)c4)[C@H]3C)nc21. The fraction of sp³-hybridized carbons (Fsp3) is 0.400. The summed E-state index contributed by atoms with van der Waals surface area (Å²) in [5, 5.41) is 9.96. The Hall–Kier alpha value is -3.36. The van der Waals surface area contributed by atoms with Gasteiger partial charge in [0.05, 0.1) is 19.0 Å². The smallest absolute Gasteiger partial charge is 0.223 e. The molecular weight excluding hydrogens is 368 g/mol. The van der Waals surface area contributed by atoms with Crippen molar-refractivity contribution in [3.05, 3.63) is 36.4 Å². The van der Waals surface area contributed by atoms with E-state index in [1.165, 1.54) is 0 Å². The first kappa shape index (κ1) is 17.7. The van der Waals surface area contributed by atoms with Crippen LogP contribution in [0.4, 0.5) is 11.6 Å². The molecule has 1 aliphatic rings. The highest BCUT2D eigenvalue weighted by atomic mass is 16.5. The summed E-state index contributed by atoms with van der Waals surface area (Å²) in [6, 6.07) is 6.03. The second-order valence-corrected chi connectivity index (χ2v) is 7.59. The van der Waals surface area contributed by atoms with Crippen molar-refractivity contribution in [1.82, 2.24) is 29.4 Å². The zero-order chi connectivity index (χ0) is 20.1. The molecule has 9 nitrogen and oxygen atoms in total. The normalized spacial score (nSPS) is 19.9. The molecule has 1 saturated heterocycles. The van der Waals surface area contributed by atoms with Gasteiger partial charge in [-0.05, 0) is 31.9 Å². The quantitative estimate of drug-likeness (QED) is 0.571. The van der Waals surface area contributed by atoms with Crippen LogP contribution in [0, 0.1) is 0 Å². The molecule has 1 unspecified atom stereocenters. The van der Waals surface area contributed by atoms with Crippen LogP contribution in [0.1, 0.15) is 31.5 Å². The van der Waals surface area contributed by atoms with Gasteiger partial charge in [-0.25, -0.2) is 9.97 Å². The van der Waals surface area contributed by atoms with Crippen LogP contribution in [0.3, 0.4) is 0 Å². The second kappa shape index (κ2) is 6.61. The van der Waals surface area contributed by atoms with Gasteiger partial charge in [-0.1, -0.05) is 6.07 Å². The van der Waals surface area contributed by atoms with E-state index in [2.05, 4.69) is 28.1 Å². The number of nitrogen functional groups attached to an aromatic ring is 1. The van der Waals surface area contributed by atoms with Crippen molar-refractivity contribution in [2.75, 3.05) is 24.3 Å². The Labute approximate surface area is 168 Å². The monoisotopic (exact) mass is 392 g/mol. The van der Waals surface area contributed by atoms with E-state index < -0.39 is 0 Å². The van der Waals surface area contributed by atoms with Crippen LogP contribution in [0.5, 0.6) is 5.75 Å². The maximum Gasteiger partial charge on any atom is 0.223 e. The van der Waals surface area contributed by atoms with Crippen LogP contribution < -0.4 is 15.4 Å². The third-order valence-electron chi connectivity index (χ3n) is 5.87. The van der Waals surface area contributed by atoms with Gasteiger partial charge in [-0.3, -0.25) is 4.68 Å². The maximum atomic E-state index is 6.22. The van der Waals surface area contributed by atoms with Crippen molar-refractivity contribution in [1.29, 1.82) is 0 Å². The number of rotatable bonds is 3. The van der Waals surface area contributed by atoms with Gasteiger partial charge in [0.2, 0.25) is 5.95 Å². The average molecular weight is 392 g/mol. The van der Waals surface area contributed by atoms with Crippen molar-refractivity contribution >= 4 is 28.2 Å². The second-order valence-electron chi connectivity index (χ2n) is 7.59. The van der Waals surface area contributed by atoms with Gasteiger partial charge in [-0.2, -0.15) is 9.61 Å². The lowest BCUT2D eigenvalue weighted by Gasteiger charge is -2.39. The van der Waals surface area contributed by atoms with Gasteiger partial charge in [0.1, 0.15) is 11.3 Å². The molecule has 1 fully saturated rings. The number of nitrogens with two attached hydrogens (primary N) is 1. The summed E-state index contributed by atoms with van der Waals surface area (Å²) in [5.74, 6) is 1.98. The number of piperidine rings is 1. The number of methoxy groups -OCH3 is 1. The Morgan fingerprint density at radius 3 is 2.86 bits per heavy atom. The Morgan fingerprint density at radius 2 is 2.10 bits per heavy atom. The van der Waals surface area contributed by atoms with E-state index in [0.717, 1.165) is 36.3 Å². The Morgan fingerprint density at radius 1 is 1.24 bits per heavy atom. The minimum atomic E-state index is 0.198. The molecule has 0 spiro atoms. The summed E-state index contributed by atoms with van der Waals surface area (Å²) in [6.07, 6.45) is 6.07. The number of benzene rings is 1. The summed E-state index contributed by atoms with van der Waals surface area (Å²) in [7, 11) is 3.57. The van der Waals surface area contributed by atoms with Gasteiger partial charge >= 0.3 is 0 Å². The molecule has 150 valence electrons. The lowest BCUT2D eigenvalue weighted by Crippen LogP contribution is -2.42. The van der Waals surface area contributed by atoms with E-state index in [-0.39, 0.29) is 12.0 Å². The molecule has 5 rings (SSSR count). The van der Waals surface area contributed by atoms with E-state index >= 15 is 0 Å². The van der Waals surface area contributed by atoms with Crippen LogP contribution in [0.15, 0.2) is 30.6 Å². The first-order valence-corrected chi connectivity index (χ1v) is 9.81. The summed E-state index contributed by atoms with van der Waals surface area (Å²) >= 11 is 0. The third-order valence-corrected chi connectivity index (χ3v) is 5.87. The van der Waals surface area contributed by atoms with Crippen molar-refractivity contribution in [2.24, 2.45) is 7.05 Å². The topological polar surface area (TPSA) is 99.4 Å². The Balaban J connectivity index is 1.59. The molecule has 0 amide bonds. The van der Waals surface area contributed by atoms with Crippen molar-refractivity contribution in [3.8, 4) is 5.75 Å². The Kier molecular flexibility index (Phi) is 4.04. The molecule has 0 radical (unpaired) electrons. The molecule has 2 atom stereocenters. The molecule has 4 aromatic rings. The van der Waals surface area contributed by atoms with Crippen molar-refractivity contribution in [3.63, 3.8) is 0 Å². The minimum Gasteiger partial charge on any atom is -0.494 e. The standard InChI is InChI=1S/C20H24N8O/c1-12-14(7-5-9-27(12)13-10-22-26(2)11-13)18-24-19-15-6-4-8-16(29-3)17(15)23-20(21)28(19)25-18/h4,6,8,10-12,14H,5,7,9H2,1-3H3,(H2,21,23)/t12-,14?/m0/s1. The van der Waals surface area contributed by atoms with E-state index in [9.17, 15) is 0 Å². The van der Waals surface area contributed by atoms with Crippen LogP contribution in [-0.4, -0.2) is 49.1 Å². The zero-order valence-corrected chi connectivity index (χ0v) is 16.8. The van der Waals surface area contributed by atoms with E-state index in [0.29, 0.717) is 22.9 Å².